The molecule has 0 atom stereocenters. The normalized spacial score (nSPS) is 10.4. The first kappa shape index (κ1) is 14.3. The van der Waals surface area contributed by atoms with E-state index in [2.05, 4.69) is 27.6 Å². The largest absolute Gasteiger partial charge is 0.356 e. The summed E-state index contributed by atoms with van der Waals surface area (Å²) in [5.41, 5.74) is 3.54. The van der Waals surface area contributed by atoms with Crippen molar-refractivity contribution >= 4 is 5.91 Å². The molecule has 0 aliphatic rings. The molecule has 2 rings (SSSR count). The van der Waals surface area contributed by atoms with E-state index in [-0.39, 0.29) is 5.91 Å². The van der Waals surface area contributed by atoms with Gasteiger partial charge in [-0.25, -0.2) is 0 Å². The minimum Gasteiger partial charge on any atom is -0.356 e. The molecule has 0 radical (unpaired) electrons. The topological polar surface area (TPSA) is 57.8 Å². The van der Waals surface area contributed by atoms with Gasteiger partial charge in [0.1, 0.15) is 0 Å². The molecule has 0 aliphatic heterocycles. The molecular formula is C16H21N3O. The summed E-state index contributed by atoms with van der Waals surface area (Å²) in [6.07, 6.45) is 5.09. The molecule has 4 nitrogen and oxygen atoms in total. The second-order valence-electron chi connectivity index (χ2n) is 4.96. The third-order valence-electron chi connectivity index (χ3n) is 3.36. The highest BCUT2D eigenvalue weighted by Gasteiger charge is 2.03. The first-order chi connectivity index (χ1) is 9.75. The van der Waals surface area contributed by atoms with E-state index in [0.29, 0.717) is 6.42 Å². The van der Waals surface area contributed by atoms with Crippen molar-refractivity contribution in [2.24, 2.45) is 0 Å². The number of aromatic amines is 1. The fraction of sp³-hybridized carbons (Fsp3) is 0.375. The minimum absolute atomic E-state index is 0.123. The van der Waals surface area contributed by atoms with Crippen LogP contribution in [0.15, 0.2) is 36.5 Å². The van der Waals surface area contributed by atoms with E-state index < -0.39 is 0 Å². The molecule has 1 aromatic heterocycles. The van der Waals surface area contributed by atoms with E-state index in [1.165, 1.54) is 11.1 Å². The number of carbonyl (C=O) groups is 1. The van der Waals surface area contributed by atoms with Gasteiger partial charge >= 0.3 is 0 Å². The molecular weight excluding hydrogens is 250 g/mol. The van der Waals surface area contributed by atoms with Crippen LogP contribution in [0.3, 0.4) is 0 Å². The summed E-state index contributed by atoms with van der Waals surface area (Å²) < 4.78 is 0. The van der Waals surface area contributed by atoms with Crippen LogP contribution in [0.2, 0.25) is 0 Å². The molecule has 0 saturated carbocycles. The van der Waals surface area contributed by atoms with E-state index in [0.717, 1.165) is 31.5 Å². The third-order valence-corrected chi connectivity index (χ3v) is 3.36. The van der Waals surface area contributed by atoms with Crippen molar-refractivity contribution in [3.63, 3.8) is 0 Å². The number of hydrogen-bond acceptors (Lipinski definition) is 2. The zero-order valence-corrected chi connectivity index (χ0v) is 11.9. The maximum Gasteiger partial charge on any atom is 0.220 e. The molecule has 0 fully saturated rings. The van der Waals surface area contributed by atoms with E-state index in [4.69, 9.17) is 0 Å². The Morgan fingerprint density at radius 2 is 2.05 bits per heavy atom. The number of amides is 1. The molecule has 1 heterocycles. The van der Waals surface area contributed by atoms with Gasteiger partial charge in [0.2, 0.25) is 5.91 Å². The lowest BCUT2D eigenvalue weighted by atomic mass is 10.1. The lowest BCUT2D eigenvalue weighted by Gasteiger charge is -2.05. The van der Waals surface area contributed by atoms with Gasteiger partial charge in [-0.05, 0) is 37.3 Å². The van der Waals surface area contributed by atoms with Crippen LogP contribution >= 0.6 is 0 Å². The van der Waals surface area contributed by atoms with Crippen molar-refractivity contribution in [2.75, 3.05) is 6.54 Å². The number of H-pyrrole nitrogens is 1. The lowest BCUT2D eigenvalue weighted by Crippen LogP contribution is -2.25. The summed E-state index contributed by atoms with van der Waals surface area (Å²) in [7, 11) is 0. The Hall–Kier alpha value is -2.10. The predicted molar refractivity (Wildman–Crippen MR) is 79.4 cm³/mol. The molecule has 0 aliphatic carbocycles. The Kier molecular flexibility index (Phi) is 5.35. The summed E-state index contributed by atoms with van der Waals surface area (Å²) in [5, 5.41) is 9.87. The molecule has 1 aromatic carbocycles. The van der Waals surface area contributed by atoms with Gasteiger partial charge < -0.3 is 5.32 Å². The quantitative estimate of drug-likeness (QED) is 0.760. The van der Waals surface area contributed by atoms with Gasteiger partial charge in [0.05, 0.1) is 6.20 Å². The molecule has 4 heteroatoms. The first-order valence-corrected chi connectivity index (χ1v) is 7.05. The Bertz CT molecular complexity index is 534. The number of benzene rings is 1. The van der Waals surface area contributed by atoms with Gasteiger partial charge in [-0.3, -0.25) is 9.89 Å². The van der Waals surface area contributed by atoms with E-state index >= 15 is 0 Å². The summed E-state index contributed by atoms with van der Waals surface area (Å²) in [6, 6.07) is 10.1. The fourth-order valence-corrected chi connectivity index (χ4v) is 2.13. The number of rotatable bonds is 7. The van der Waals surface area contributed by atoms with Crippen molar-refractivity contribution in [1.82, 2.24) is 15.5 Å². The van der Waals surface area contributed by atoms with Crippen molar-refractivity contribution < 1.29 is 4.79 Å². The average molecular weight is 271 g/mol. The van der Waals surface area contributed by atoms with Gasteiger partial charge in [0, 0.05) is 18.7 Å². The van der Waals surface area contributed by atoms with Crippen molar-refractivity contribution in [3.05, 3.63) is 53.3 Å². The Morgan fingerprint density at radius 1 is 1.25 bits per heavy atom. The van der Waals surface area contributed by atoms with Gasteiger partial charge in [-0.1, -0.05) is 30.3 Å². The zero-order valence-electron chi connectivity index (χ0n) is 11.9. The maximum absolute atomic E-state index is 11.7. The molecule has 0 spiro atoms. The van der Waals surface area contributed by atoms with Crippen LogP contribution < -0.4 is 5.32 Å². The highest BCUT2D eigenvalue weighted by atomic mass is 16.1. The molecule has 0 bridgehead atoms. The summed E-state index contributed by atoms with van der Waals surface area (Å²) in [5.74, 6) is 0.123. The third kappa shape index (κ3) is 4.53. The second-order valence-corrected chi connectivity index (χ2v) is 4.96. The van der Waals surface area contributed by atoms with Crippen LogP contribution in [0.1, 0.15) is 29.7 Å². The van der Waals surface area contributed by atoms with Gasteiger partial charge in [-0.2, -0.15) is 5.10 Å². The Labute approximate surface area is 119 Å². The average Bonchev–Trinajstić information content (AvgIpc) is 2.88. The zero-order chi connectivity index (χ0) is 14.2. The van der Waals surface area contributed by atoms with Gasteiger partial charge in [0.25, 0.3) is 0 Å². The van der Waals surface area contributed by atoms with Crippen LogP contribution in [0.5, 0.6) is 0 Å². The van der Waals surface area contributed by atoms with Crippen LogP contribution in [-0.4, -0.2) is 22.6 Å². The van der Waals surface area contributed by atoms with Crippen LogP contribution in [-0.2, 0) is 17.6 Å². The summed E-state index contributed by atoms with van der Waals surface area (Å²) in [4.78, 5) is 11.7. The molecule has 0 saturated heterocycles. The smallest absolute Gasteiger partial charge is 0.220 e. The van der Waals surface area contributed by atoms with E-state index in [1.807, 2.05) is 31.3 Å². The van der Waals surface area contributed by atoms with Crippen molar-refractivity contribution in [1.29, 1.82) is 0 Å². The Morgan fingerprint density at radius 3 is 2.75 bits per heavy atom. The number of nitrogens with zero attached hydrogens (tertiary/aromatic N) is 1. The minimum atomic E-state index is 0.123. The maximum atomic E-state index is 11.7. The van der Waals surface area contributed by atoms with Crippen molar-refractivity contribution in [3.8, 4) is 0 Å². The SMILES string of the molecule is Cc1[nH]ncc1CCCNC(=O)CCc1ccccc1. The van der Waals surface area contributed by atoms with Crippen LogP contribution in [0.4, 0.5) is 0 Å². The molecule has 106 valence electrons. The highest BCUT2D eigenvalue weighted by Crippen LogP contribution is 2.05. The second kappa shape index (κ2) is 7.48. The van der Waals surface area contributed by atoms with E-state index in [9.17, 15) is 4.79 Å². The van der Waals surface area contributed by atoms with E-state index in [1.54, 1.807) is 0 Å². The standard InChI is InChI=1S/C16H21N3O/c1-13-15(12-18-19-13)8-5-11-17-16(20)10-9-14-6-3-2-4-7-14/h2-4,6-7,12H,5,8-11H2,1H3,(H,17,20)(H,18,19). The fourth-order valence-electron chi connectivity index (χ4n) is 2.13. The van der Waals surface area contributed by atoms with Crippen molar-refractivity contribution in [2.45, 2.75) is 32.6 Å². The first-order valence-electron chi connectivity index (χ1n) is 7.05. The lowest BCUT2D eigenvalue weighted by molar-refractivity contribution is -0.121. The predicted octanol–water partition coefficient (Wildman–Crippen LogP) is 2.40. The molecule has 0 unspecified atom stereocenters. The monoisotopic (exact) mass is 271 g/mol. The number of aryl methyl sites for hydroxylation is 3. The molecule has 2 N–H and O–H groups in total. The highest BCUT2D eigenvalue weighted by molar-refractivity contribution is 5.76. The van der Waals surface area contributed by atoms with Crippen LogP contribution in [0, 0.1) is 6.92 Å². The number of carbonyl (C=O) groups excluding carboxylic acids is 1. The number of nitrogens with one attached hydrogen (secondary N) is 2. The number of hydrogen-bond donors (Lipinski definition) is 2. The summed E-state index contributed by atoms with van der Waals surface area (Å²) >= 11 is 0. The molecule has 1 amide bonds. The Balaban J connectivity index is 1.60. The van der Waals surface area contributed by atoms with Crippen LogP contribution in [0.25, 0.3) is 0 Å². The molecule has 20 heavy (non-hydrogen) atoms. The van der Waals surface area contributed by atoms with Gasteiger partial charge in [-0.15, -0.1) is 0 Å². The number of aromatic nitrogens is 2. The summed E-state index contributed by atoms with van der Waals surface area (Å²) in [6.45, 7) is 2.74. The van der Waals surface area contributed by atoms with Gasteiger partial charge in [0.15, 0.2) is 0 Å². The molecule has 2 aromatic rings.